The molecule has 0 aliphatic carbocycles. The highest BCUT2D eigenvalue weighted by Crippen LogP contribution is 2.04. The molecule has 0 saturated carbocycles. The van der Waals surface area contributed by atoms with Gasteiger partial charge in [-0.25, -0.2) is 0 Å². The minimum atomic E-state index is 0.655. The molecule has 0 amide bonds. The van der Waals surface area contributed by atoms with Crippen molar-refractivity contribution in [3.05, 3.63) is 30.1 Å². The van der Waals surface area contributed by atoms with Crippen molar-refractivity contribution < 1.29 is 0 Å². The second kappa shape index (κ2) is 5.24. The summed E-state index contributed by atoms with van der Waals surface area (Å²) in [7, 11) is 0. The maximum atomic E-state index is 4.35. The predicted octanol–water partition coefficient (Wildman–Crippen LogP) is 0.918. The summed E-state index contributed by atoms with van der Waals surface area (Å²) in [6.45, 7) is 6.80. The summed E-state index contributed by atoms with van der Waals surface area (Å²) < 4.78 is 0. The Morgan fingerprint density at radius 2 is 2.47 bits per heavy atom. The lowest BCUT2D eigenvalue weighted by Gasteiger charge is -2.33. The largest absolute Gasteiger partial charge is 0.314 e. The lowest BCUT2D eigenvalue weighted by molar-refractivity contribution is 0.175. The van der Waals surface area contributed by atoms with Crippen LogP contribution in [0.1, 0.15) is 12.6 Å². The van der Waals surface area contributed by atoms with Crippen molar-refractivity contribution in [2.24, 2.45) is 0 Å². The highest BCUT2D eigenvalue weighted by molar-refractivity contribution is 5.03. The molecular formula is C12H19N3. The van der Waals surface area contributed by atoms with E-state index in [1.165, 1.54) is 5.69 Å². The molecule has 15 heavy (non-hydrogen) atoms. The monoisotopic (exact) mass is 205 g/mol. The van der Waals surface area contributed by atoms with E-state index in [0.29, 0.717) is 6.04 Å². The second-order valence-corrected chi connectivity index (χ2v) is 4.16. The first kappa shape index (κ1) is 10.6. The highest BCUT2D eigenvalue weighted by atomic mass is 15.2. The number of nitrogens with one attached hydrogen (secondary N) is 1. The molecule has 1 saturated heterocycles. The molecule has 1 atom stereocenters. The van der Waals surface area contributed by atoms with Gasteiger partial charge in [0.2, 0.25) is 0 Å². The Morgan fingerprint density at radius 3 is 3.20 bits per heavy atom. The standard InChI is InChI=1S/C12H19N3/c1-11-10-13-7-9-15(11)8-5-12-4-2-3-6-14-12/h2-4,6,11,13H,5,7-10H2,1H3/t11-/m0/s1. The average Bonchev–Trinajstić information content (AvgIpc) is 2.29. The third-order valence-corrected chi connectivity index (χ3v) is 3.02. The zero-order valence-electron chi connectivity index (χ0n) is 9.32. The van der Waals surface area contributed by atoms with E-state index in [-0.39, 0.29) is 0 Å². The van der Waals surface area contributed by atoms with Crippen LogP contribution in [0.4, 0.5) is 0 Å². The van der Waals surface area contributed by atoms with Gasteiger partial charge in [0.1, 0.15) is 0 Å². The van der Waals surface area contributed by atoms with Gasteiger partial charge in [0.25, 0.3) is 0 Å². The van der Waals surface area contributed by atoms with Crippen LogP contribution in [0, 0.1) is 0 Å². The maximum absolute atomic E-state index is 4.35. The van der Waals surface area contributed by atoms with E-state index < -0.39 is 0 Å². The van der Waals surface area contributed by atoms with E-state index >= 15 is 0 Å². The zero-order valence-corrected chi connectivity index (χ0v) is 9.32. The van der Waals surface area contributed by atoms with E-state index in [0.717, 1.165) is 32.6 Å². The van der Waals surface area contributed by atoms with Gasteiger partial charge in [-0.15, -0.1) is 0 Å². The highest BCUT2D eigenvalue weighted by Gasteiger charge is 2.16. The number of piperazine rings is 1. The summed E-state index contributed by atoms with van der Waals surface area (Å²) in [5, 5.41) is 3.41. The van der Waals surface area contributed by atoms with E-state index in [4.69, 9.17) is 0 Å². The molecule has 82 valence electrons. The van der Waals surface area contributed by atoms with Crippen LogP contribution in [-0.4, -0.2) is 42.1 Å². The Morgan fingerprint density at radius 1 is 1.53 bits per heavy atom. The van der Waals surface area contributed by atoms with Crippen LogP contribution >= 0.6 is 0 Å². The maximum Gasteiger partial charge on any atom is 0.0416 e. The van der Waals surface area contributed by atoms with E-state index in [1.807, 2.05) is 12.3 Å². The molecular weight excluding hydrogens is 186 g/mol. The van der Waals surface area contributed by atoms with E-state index in [2.05, 4.69) is 34.3 Å². The molecule has 1 aromatic rings. The smallest absolute Gasteiger partial charge is 0.0416 e. The molecule has 0 radical (unpaired) electrons. The number of rotatable bonds is 3. The third kappa shape index (κ3) is 3.01. The molecule has 1 N–H and O–H groups in total. The molecule has 0 spiro atoms. The third-order valence-electron chi connectivity index (χ3n) is 3.02. The predicted molar refractivity (Wildman–Crippen MR) is 61.8 cm³/mol. The van der Waals surface area contributed by atoms with Crippen molar-refractivity contribution in [2.75, 3.05) is 26.2 Å². The number of hydrogen-bond acceptors (Lipinski definition) is 3. The minimum absolute atomic E-state index is 0.655. The van der Waals surface area contributed by atoms with Gasteiger partial charge in [0.15, 0.2) is 0 Å². The van der Waals surface area contributed by atoms with Crippen molar-refractivity contribution in [2.45, 2.75) is 19.4 Å². The fourth-order valence-electron chi connectivity index (χ4n) is 2.02. The van der Waals surface area contributed by atoms with E-state index in [9.17, 15) is 0 Å². The number of nitrogens with zero attached hydrogens (tertiary/aromatic N) is 2. The van der Waals surface area contributed by atoms with E-state index in [1.54, 1.807) is 0 Å². The normalized spacial score (nSPS) is 22.9. The van der Waals surface area contributed by atoms with Gasteiger partial charge in [0.05, 0.1) is 0 Å². The Kier molecular flexibility index (Phi) is 3.69. The quantitative estimate of drug-likeness (QED) is 0.795. The van der Waals surface area contributed by atoms with Gasteiger partial charge in [-0.1, -0.05) is 6.07 Å². The molecule has 0 bridgehead atoms. The van der Waals surface area contributed by atoms with Crippen LogP contribution in [0.2, 0.25) is 0 Å². The molecule has 1 aromatic heterocycles. The van der Waals surface area contributed by atoms with Crippen molar-refractivity contribution in [3.8, 4) is 0 Å². The first-order valence-corrected chi connectivity index (χ1v) is 5.71. The summed E-state index contributed by atoms with van der Waals surface area (Å²) in [4.78, 5) is 6.88. The second-order valence-electron chi connectivity index (χ2n) is 4.16. The van der Waals surface area contributed by atoms with Crippen LogP contribution in [-0.2, 0) is 6.42 Å². The summed E-state index contributed by atoms with van der Waals surface area (Å²) in [5.74, 6) is 0. The summed E-state index contributed by atoms with van der Waals surface area (Å²) in [6, 6.07) is 6.79. The molecule has 0 aromatic carbocycles. The summed E-state index contributed by atoms with van der Waals surface area (Å²) in [6.07, 6.45) is 2.93. The van der Waals surface area contributed by atoms with Crippen LogP contribution < -0.4 is 5.32 Å². The molecule has 0 unspecified atom stereocenters. The Balaban J connectivity index is 1.82. The van der Waals surface area contributed by atoms with Crippen LogP contribution in [0.15, 0.2) is 24.4 Å². The molecule has 3 nitrogen and oxygen atoms in total. The van der Waals surface area contributed by atoms with Crippen molar-refractivity contribution >= 4 is 0 Å². The zero-order chi connectivity index (χ0) is 10.5. The number of pyridine rings is 1. The van der Waals surface area contributed by atoms with Crippen molar-refractivity contribution in [1.82, 2.24) is 15.2 Å². The Bertz CT molecular complexity index is 286. The van der Waals surface area contributed by atoms with Crippen molar-refractivity contribution in [1.29, 1.82) is 0 Å². The van der Waals surface area contributed by atoms with Crippen LogP contribution in [0.25, 0.3) is 0 Å². The minimum Gasteiger partial charge on any atom is -0.314 e. The Labute approximate surface area is 91.5 Å². The first-order chi connectivity index (χ1) is 7.36. The summed E-state index contributed by atoms with van der Waals surface area (Å²) >= 11 is 0. The average molecular weight is 205 g/mol. The molecule has 2 heterocycles. The van der Waals surface area contributed by atoms with Crippen molar-refractivity contribution in [3.63, 3.8) is 0 Å². The lowest BCUT2D eigenvalue weighted by Crippen LogP contribution is -2.50. The molecule has 3 heteroatoms. The van der Waals surface area contributed by atoms with Crippen LogP contribution in [0.5, 0.6) is 0 Å². The lowest BCUT2D eigenvalue weighted by atomic mass is 10.2. The Hall–Kier alpha value is -0.930. The van der Waals surface area contributed by atoms with Gasteiger partial charge >= 0.3 is 0 Å². The fraction of sp³-hybridized carbons (Fsp3) is 0.583. The molecule has 1 aliphatic rings. The molecule has 1 fully saturated rings. The topological polar surface area (TPSA) is 28.2 Å². The first-order valence-electron chi connectivity index (χ1n) is 5.71. The SMILES string of the molecule is C[C@H]1CNCCN1CCc1ccccn1. The molecule has 1 aliphatic heterocycles. The summed E-state index contributed by atoms with van der Waals surface area (Å²) in [5.41, 5.74) is 1.20. The van der Waals surface area contributed by atoms with Gasteiger partial charge in [-0.2, -0.15) is 0 Å². The van der Waals surface area contributed by atoms with Gasteiger partial charge in [-0.3, -0.25) is 9.88 Å². The van der Waals surface area contributed by atoms with Gasteiger partial charge in [0, 0.05) is 50.5 Å². The fourth-order valence-corrected chi connectivity index (χ4v) is 2.02. The van der Waals surface area contributed by atoms with Crippen LogP contribution in [0.3, 0.4) is 0 Å². The number of aromatic nitrogens is 1. The van der Waals surface area contributed by atoms with Gasteiger partial charge < -0.3 is 5.32 Å². The van der Waals surface area contributed by atoms with Gasteiger partial charge in [-0.05, 0) is 19.1 Å². The molecule has 2 rings (SSSR count). The number of hydrogen-bond donors (Lipinski definition) is 1.